The molecule has 1 N–H and O–H groups in total. The first kappa shape index (κ1) is 13.9. The molecule has 0 saturated heterocycles. The minimum absolute atomic E-state index is 0.369. The molecule has 14 heavy (non-hydrogen) atoms. The molecule has 3 nitrogen and oxygen atoms in total. The van der Waals surface area contributed by atoms with Gasteiger partial charge in [-0.05, 0) is 39.7 Å². The first-order valence-corrected chi connectivity index (χ1v) is 5.43. The first-order valence-electron chi connectivity index (χ1n) is 5.43. The van der Waals surface area contributed by atoms with E-state index in [4.69, 9.17) is 9.47 Å². The molecule has 0 rings (SSSR count). The lowest BCUT2D eigenvalue weighted by Crippen LogP contribution is -2.26. The Labute approximate surface area is 88.2 Å². The van der Waals surface area contributed by atoms with Crippen LogP contribution in [0.2, 0.25) is 0 Å². The van der Waals surface area contributed by atoms with Crippen LogP contribution in [0.15, 0.2) is 0 Å². The molecule has 0 amide bonds. The average molecular weight is 203 g/mol. The van der Waals surface area contributed by atoms with Crippen LogP contribution in [-0.4, -0.2) is 40.0 Å². The van der Waals surface area contributed by atoms with Gasteiger partial charge in [-0.1, -0.05) is 0 Å². The Balaban J connectivity index is 3.47. The molecule has 2 unspecified atom stereocenters. The molecule has 3 heteroatoms. The third-order valence-corrected chi connectivity index (χ3v) is 2.63. The molecule has 0 aromatic heterocycles. The fourth-order valence-electron chi connectivity index (χ4n) is 1.46. The Hall–Kier alpha value is -0.120. The number of hydrogen-bond acceptors (Lipinski definition) is 3. The van der Waals surface area contributed by atoms with Crippen molar-refractivity contribution in [3.05, 3.63) is 0 Å². The van der Waals surface area contributed by atoms with Gasteiger partial charge in [-0.15, -0.1) is 0 Å². The Morgan fingerprint density at radius 2 is 1.86 bits per heavy atom. The molecule has 0 aliphatic heterocycles. The van der Waals surface area contributed by atoms with Crippen LogP contribution in [0.4, 0.5) is 0 Å². The summed E-state index contributed by atoms with van der Waals surface area (Å²) in [5, 5.41) is 3.33. The van der Waals surface area contributed by atoms with Crippen LogP contribution in [0.25, 0.3) is 0 Å². The monoisotopic (exact) mass is 203 g/mol. The second kappa shape index (κ2) is 9.44. The summed E-state index contributed by atoms with van der Waals surface area (Å²) < 4.78 is 10.2. The molecule has 0 radical (unpaired) electrons. The molecule has 0 fully saturated rings. The Bertz CT molecular complexity index is 120. The topological polar surface area (TPSA) is 30.5 Å². The van der Waals surface area contributed by atoms with E-state index in [2.05, 4.69) is 12.2 Å². The average Bonchev–Trinajstić information content (AvgIpc) is 2.22. The van der Waals surface area contributed by atoms with Crippen LogP contribution in [0.3, 0.4) is 0 Å². The molecule has 0 heterocycles. The van der Waals surface area contributed by atoms with Gasteiger partial charge in [-0.3, -0.25) is 0 Å². The lowest BCUT2D eigenvalue weighted by Gasteiger charge is -2.17. The van der Waals surface area contributed by atoms with Gasteiger partial charge < -0.3 is 14.8 Å². The minimum Gasteiger partial charge on any atom is -0.385 e. The van der Waals surface area contributed by atoms with Crippen molar-refractivity contribution < 1.29 is 9.47 Å². The van der Waals surface area contributed by atoms with E-state index in [1.54, 1.807) is 14.2 Å². The second-order valence-corrected chi connectivity index (χ2v) is 3.74. The van der Waals surface area contributed by atoms with Gasteiger partial charge in [0.25, 0.3) is 0 Å². The zero-order valence-corrected chi connectivity index (χ0v) is 10.0. The van der Waals surface area contributed by atoms with Crippen molar-refractivity contribution in [2.24, 2.45) is 0 Å². The van der Waals surface area contributed by atoms with Crippen LogP contribution in [0.5, 0.6) is 0 Å². The van der Waals surface area contributed by atoms with Crippen molar-refractivity contribution in [3.8, 4) is 0 Å². The van der Waals surface area contributed by atoms with Gasteiger partial charge in [0.2, 0.25) is 0 Å². The Morgan fingerprint density at radius 1 is 1.14 bits per heavy atom. The van der Waals surface area contributed by atoms with Gasteiger partial charge in [0.15, 0.2) is 0 Å². The molecular weight excluding hydrogens is 178 g/mol. The summed E-state index contributed by atoms with van der Waals surface area (Å²) in [6.45, 7) is 2.97. The highest BCUT2D eigenvalue weighted by atomic mass is 16.5. The van der Waals surface area contributed by atoms with Gasteiger partial charge in [0.05, 0.1) is 6.10 Å². The van der Waals surface area contributed by atoms with Crippen molar-refractivity contribution in [1.82, 2.24) is 5.32 Å². The van der Waals surface area contributed by atoms with Crippen LogP contribution in [0, 0.1) is 0 Å². The zero-order chi connectivity index (χ0) is 10.8. The molecule has 0 bridgehead atoms. The number of rotatable bonds is 9. The van der Waals surface area contributed by atoms with Crippen LogP contribution in [-0.2, 0) is 9.47 Å². The predicted molar refractivity (Wildman–Crippen MR) is 59.7 cm³/mol. The summed E-state index contributed by atoms with van der Waals surface area (Å²) >= 11 is 0. The lowest BCUT2D eigenvalue weighted by atomic mass is 10.0. The lowest BCUT2D eigenvalue weighted by molar-refractivity contribution is 0.105. The van der Waals surface area contributed by atoms with Crippen LogP contribution >= 0.6 is 0 Å². The van der Waals surface area contributed by atoms with E-state index in [-0.39, 0.29) is 0 Å². The Morgan fingerprint density at radius 3 is 2.36 bits per heavy atom. The third-order valence-electron chi connectivity index (χ3n) is 2.63. The predicted octanol–water partition coefficient (Wildman–Crippen LogP) is 1.82. The van der Waals surface area contributed by atoms with Crippen molar-refractivity contribution in [2.45, 2.75) is 44.8 Å². The second-order valence-electron chi connectivity index (χ2n) is 3.74. The van der Waals surface area contributed by atoms with Crippen LogP contribution in [0.1, 0.15) is 32.6 Å². The maximum Gasteiger partial charge on any atom is 0.0543 e. The number of ether oxygens (including phenoxy) is 2. The van der Waals surface area contributed by atoms with Gasteiger partial charge in [0, 0.05) is 26.9 Å². The zero-order valence-electron chi connectivity index (χ0n) is 10.0. The molecule has 0 aromatic carbocycles. The van der Waals surface area contributed by atoms with Crippen molar-refractivity contribution in [2.75, 3.05) is 27.9 Å². The van der Waals surface area contributed by atoms with E-state index in [1.165, 1.54) is 12.8 Å². The molecule has 0 spiro atoms. The van der Waals surface area contributed by atoms with E-state index in [9.17, 15) is 0 Å². The van der Waals surface area contributed by atoms with E-state index in [0.717, 1.165) is 19.4 Å². The highest BCUT2D eigenvalue weighted by Gasteiger charge is 2.08. The molecule has 86 valence electrons. The van der Waals surface area contributed by atoms with Gasteiger partial charge in [-0.2, -0.15) is 0 Å². The standard InChI is InChI=1S/C11H25NO2/c1-10(14-4)7-8-11(12-2)6-5-9-13-3/h10-12H,5-9H2,1-4H3. The number of methoxy groups -OCH3 is 2. The summed E-state index contributed by atoms with van der Waals surface area (Å²) in [4.78, 5) is 0. The normalized spacial score (nSPS) is 15.4. The summed E-state index contributed by atoms with van der Waals surface area (Å²) in [5.74, 6) is 0. The van der Waals surface area contributed by atoms with E-state index in [1.807, 2.05) is 7.05 Å². The number of hydrogen-bond donors (Lipinski definition) is 1. The molecular formula is C11H25NO2. The maximum atomic E-state index is 5.22. The SMILES string of the molecule is CNC(CCCOC)CCC(C)OC. The molecule has 0 aromatic rings. The summed E-state index contributed by atoms with van der Waals surface area (Å²) in [5.41, 5.74) is 0. The maximum absolute atomic E-state index is 5.22. The summed E-state index contributed by atoms with van der Waals surface area (Å²) in [6.07, 6.45) is 4.97. The van der Waals surface area contributed by atoms with E-state index < -0.39 is 0 Å². The van der Waals surface area contributed by atoms with Gasteiger partial charge >= 0.3 is 0 Å². The molecule has 0 aliphatic rings. The number of nitrogens with one attached hydrogen (secondary N) is 1. The largest absolute Gasteiger partial charge is 0.385 e. The highest BCUT2D eigenvalue weighted by Crippen LogP contribution is 2.08. The molecule has 2 atom stereocenters. The molecule has 0 saturated carbocycles. The van der Waals surface area contributed by atoms with Crippen molar-refractivity contribution in [1.29, 1.82) is 0 Å². The fraction of sp³-hybridized carbons (Fsp3) is 1.00. The quantitative estimate of drug-likeness (QED) is 0.580. The third kappa shape index (κ3) is 7.30. The summed E-state index contributed by atoms with van der Waals surface area (Å²) in [6, 6.07) is 0.600. The Kier molecular flexibility index (Phi) is 9.35. The highest BCUT2D eigenvalue weighted by molar-refractivity contribution is 4.66. The fourth-order valence-corrected chi connectivity index (χ4v) is 1.46. The minimum atomic E-state index is 0.369. The van der Waals surface area contributed by atoms with E-state index in [0.29, 0.717) is 12.1 Å². The van der Waals surface area contributed by atoms with Crippen molar-refractivity contribution >= 4 is 0 Å². The van der Waals surface area contributed by atoms with Crippen LogP contribution < -0.4 is 5.32 Å². The van der Waals surface area contributed by atoms with Gasteiger partial charge in [0.1, 0.15) is 0 Å². The smallest absolute Gasteiger partial charge is 0.0543 e. The first-order chi connectivity index (χ1) is 6.74. The molecule has 0 aliphatic carbocycles. The van der Waals surface area contributed by atoms with Crippen molar-refractivity contribution in [3.63, 3.8) is 0 Å². The van der Waals surface area contributed by atoms with E-state index >= 15 is 0 Å². The van der Waals surface area contributed by atoms with Gasteiger partial charge in [-0.25, -0.2) is 0 Å². The summed E-state index contributed by atoms with van der Waals surface area (Å²) in [7, 11) is 5.54.